The molecule has 0 fully saturated rings. The summed E-state index contributed by atoms with van der Waals surface area (Å²) in [6.45, 7) is 7.96. The van der Waals surface area contributed by atoms with Crippen molar-refractivity contribution in [1.29, 1.82) is 0 Å². The van der Waals surface area contributed by atoms with Gasteiger partial charge in [0.2, 0.25) is 11.7 Å². The van der Waals surface area contributed by atoms with Crippen molar-refractivity contribution < 1.29 is 44.7 Å². The van der Waals surface area contributed by atoms with Crippen molar-refractivity contribution in [2.75, 3.05) is 6.61 Å². The molecule has 10 nitrogen and oxygen atoms in total. The Morgan fingerprint density at radius 3 is 2.00 bits per heavy atom. The Kier molecular flexibility index (Phi) is 9.58. The van der Waals surface area contributed by atoms with Gasteiger partial charge in [0.1, 0.15) is 0 Å². The second-order valence-corrected chi connectivity index (χ2v) is 8.98. The van der Waals surface area contributed by atoms with Gasteiger partial charge in [0.05, 0.1) is 23.3 Å². The molecular weight excluding hydrogens is 494 g/mol. The van der Waals surface area contributed by atoms with E-state index in [1.54, 1.807) is 20.8 Å². The molecule has 0 saturated carbocycles. The predicted molar refractivity (Wildman–Crippen MR) is 140 cm³/mol. The monoisotopic (exact) mass is 523 g/mol. The van der Waals surface area contributed by atoms with Gasteiger partial charge in [0, 0.05) is 11.5 Å². The molecule has 1 aromatic heterocycles. The lowest BCUT2D eigenvalue weighted by Gasteiger charge is -2.23. The van der Waals surface area contributed by atoms with Gasteiger partial charge in [-0.25, -0.2) is 9.78 Å². The third-order valence-corrected chi connectivity index (χ3v) is 5.03. The Morgan fingerprint density at radius 2 is 1.47 bits per heavy atom. The SMILES string of the molecule is CC(C)(C)C1=C(O)C(=O)C=CC1=O.CCOc1ccc2ccccc2n1.O=C(O)c1cc(O)c(O)c(O)c1. The molecule has 2 aromatic carbocycles. The molecule has 0 spiro atoms. The highest BCUT2D eigenvalue weighted by Crippen LogP contribution is 2.35. The highest BCUT2D eigenvalue weighted by Gasteiger charge is 2.31. The zero-order valence-corrected chi connectivity index (χ0v) is 21.3. The summed E-state index contributed by atoms with van der Waals surface area (Å²) in [5, 5.41) is 45.5. The van der Waals surface area contributed by atoms with Crippen LogP contribution in [-0.4, -0.2) is 54.7 Å². The number of phenolic OH excluding ortho intramolecular Hbond substituents is 3. The van der Waals surface area contributed by atoms with Crippen LogP contribution in [0.25, 0.3) is 10.9 Å². The van der Waals surface area contributed by atoms with Crippen molar-refractivity contribution in [1.82, 2.24) is 4.98 Å². The highest BCUT2D eigenvalue weighted by atomic mass is 16.5. The summed E-state index contributed by atoms with van der Waals surface area (Å²) in [6.07, 6.45) is 2.29. The molecule has 10 heteroatoms. The van der Waals surface area contributed by atoms with E-state index in [1.807, 2.05) is 43.3 Å². The van der Waals surface area contributed by atoms with E-state index in [4.69, 9.17) is 25.2 Å². The van der Waals surface area contributed by atoms with Gasteiger partial charge in [-0.05, 0) is 48.8 Å². The number of carbonyl (C=O) groups excluding carboxylic acids is 2. The van der Waals surface area contributed by atoms with Gasteiger partial charge in [0.25, 0.3) is 0 Å². The Balaban J connectivity index is 0.000000200. The number of nitrogens with zero attached hydrogens (tertiary/aromatic N) is 1. The van der Waals surface area contributed by atoms with Crippen molar-refractivity contribution in [3.05, 3.63) is 77.6 Å². The Morgan fingerprint density at radius 1 is 0.895 bits per heavy atom. The molecule has 1 aliphatic carbocycles. The number of aromatic carboxylic acids is 1. The number of hydrogen-bond acceptors (Lipinski definition) is 9. The van der Waals surface area contributed by atoms with E-state index in [-0.39, 0.29) is 16.9 Å². The molecular formula is C28H29NO9. The van der Waals surface area contributed by atoms with Crippen molar-refractivity contribution in [2.24, 2.45) is 5.41 Å². The molecule has 0 bridgehead atoms. The first kappa shape index (κ1) is 29.4. The molecule has 3 aromatic rings. The van der Waals surface area contributed by atoms with Crippen LogP contribution in [0.2, 0.25) is 0 Å². The minimum atomic E-state index is -1.29. The fourth-order valence-corrected chi connectivity index (χ4v) is 3.28. The van der Waals surface area contributed by atoms with Crippen molar-refractivity contribution in [3.63, 3.8) is 0 Å². The molecule has 4 rings (SSSR count). The number of benzene rings is 2. The highest BCUT2D eigenvalue weighted by molar-refractivity contribution is 6.19. The van der Waals surface area contributed by atoms with E-state index < -0.39 is 40.2 Å². The number of ketones is 2. The number of carboxylic acids is 1. The number of allylic oxidation sites excluding steroid dienone is 3. The Labute approximate surface area is 218 Å². The maximum Gasteiger partial charge on any atom is 0.335 e. The van der Waals surface area contributed by atoms with Gasteiger partial charge in [-0.15, -0.1) is 0 Å². The first-order valence-electron chi connectivity index (χ1n) is 11.4. The van der Waals surface area contributed by atoms with Crippen LogP contribution < -0.4 is 4.74 Å². The number of carboxylic acid groups (broad SMARTS) is 1. The second-order valence-electron chi connectivity index (χ2n) is 8.98. The number of pyridine rings is 1. The zero-order chi connectivity index (χ0) is 28.6. The fourth-order valence-electron chi connectivity index (χ4n) is 3.28. The molecule has 1 aliphatic rings. The van der Waals surface area contributed by atoms with Crippen LogP contribution in [0.3, 0.4) is 0 Å². The molecule has 5 N–H and O–H groups in total. The van der Waals surface area contributed by atoms with Crippen LogP contribution in [0, 0.1) is 5.41 Å². The van der Waals surface area contributed by atoms with Crippen LogP contribution in [-0.2, 0) is 9.59 Å². The summed E-state index contributed by atoms with van der Waals surface area (Å²) in [5.41, 5.74) is 0.387. The molecule has 38 heavy (non-hydrogen) atoms. The van der Waals surface area contributed by atoms with Crippen molar-refractivity contribution >= 4 is 28.4 Å². The number of phenols is 3. The summed E-state index contributed by atoms with van der Waals surface area (Å²) in [4.78, 5) is 37.0. The van der Waals surface area contributed by atoms with E-state index in [0.717, 1.165) is 29.1 Å². The lowest BCUT2D eigenvalue weighted by Crippen LogP contribution is -2.24. The van der Waals surface area contributed by atoms with Crippen LogP contribution in [0.15, 0.2) is 72.0 Å². The number of aromatic hydroxyl groups is 3. The number of para-hydroxylation sites is 1. The topological polar surface area (TPSA) is 174 Å². The van der Waals surface area contributed by atoms with Gasteiger partial charge < -0.3 is 30.3 Å². The summed E-state index contributed by atoms with van der Waals surface area (Å²) in [6, 6.07) is 13.6. The standard InChI is InChI=1S/C11H11NO.C10H12O3.C7H6O5/c1-2-13-11-8-7-9-5-3-4-6-10(9)12-11;1-10(2,3)8-6(11)4-5-7(12)9(8)13;8-4-1-3(7(11)12)2-5(9)6(4)10/h3-8H,2H2,1H3;4-5,13H,1-3H3;1-2,8-10H,(H,11,12). The smallest absolute Gasteiger partial charge is 0.335 e. The van der Waals surface area contributed by atoms with E-state index in [1.165, 1.54) is 6.08 Å². The number of rotatable bonds is 3. The predicted octanol–water partition coefficient (Wildman–Crippen LogP) is 4.69. The van der Waals surface area contributed by atoms with Crippen LogP contribution >= 0.6 is 0 Å². The lowest BCUT2D eigenvalue weighted by atomic mass is 9.80. The number of hydrogen-bond donors (Lipinski definition) is 5. The lowest BCUT2D eigenvalue weighted by molar-refractivity contribution is -0.117. The molecule has 0 aliphatic heterocycles. The number of aromatic nitrogens is 1. The Bertz CT molecular complexity index is 1390. The number of aliphatic hydroxyl groups is 1. The van der Waals surface area contributed by atoms with Gasteiger partial charge in [-0.2, -0.15) is 0 Å². The molecule has 0 amide bonds. The largest absolute Gasteiger partial charge is 0.504 e. The molecule has 0 atom stereocenters. The summed E-state index contributed by atoms with van der Waals surface area (Å²) in [5.74, 6) is -3.84. The first-order valence-corrected chi connectivity index (χ1v) is 11.4. The first-order chi connectivity index (χ1) is 17.8. The second kappa shape index (κ2) is 12.4. The van der Waals surface area contributed by atoms with Crippen molar-refractivity contribution in [2.45, 2.75) is 27.7 Å². The number of ether oxygens (including phenoxy) is 1. The summed E-state index contributed by atoms with van der Waals surface area (Å²) < 4.78 is 5.30. The molecule has 0 radical (unpaired) electrons. The molecule has 0 saturated heterocycles. The average molecular weight is 524 g/mol. The van der Waals surface area contributed by atoms with Crippen molar-refractivity contribution in [3.8, 4) is 23.1 Å². The summed E-state index contributed by atoms with van der Waals surface area (Å²) >= 11 is 0. The molecule has 200 valence electrons. The number of carbonyl (C=O) groups is 3. The van der Waals surface area contributed by atoms with Crippen LogP contribution in [0.1, 0.15) is 38.1 Å². The third-order valence-electron chi connectivity index (χ3n) is 5.03. The fraction of sp³-hybridized carbons (Fsp3) is 0.214. The summed E-state index contributed by atoms with van der Waals surface area (Å²) in [7, 11) is 0. The third kappa shape index (κ3) is 7.57. The normalized spacial score (nSPS) is 12.8. The number of fused-ring (bicyclic) bond motifs is 1. The quantitative estimate of drug-likeness (QED) is 0.239. The van der Waals surface area contributed by atoms with Gasteiger partial charge >= 0.3 is 5.97 Å². The zero-order valence-electron chi connectivity index (χ0n) is 21.3. The van der Waals surface area contributed by atoms with Gasteiger partial charge in [0.15, 0.2) is 28.8 Å². The maximum atomic E-state index is 11.3. The minimum Gasteiger partial charge on any atom is -0.504 e. The Hall–Kier alpha value is -4.86. The van der Waals surface area contributed by atoms with Crippen LogP contribution in [0.4, 0.5) is 0 Å². The molecule has 1 heterocycles. The van der Waals surface area contributed by atoms with E-state index >= 15 is 0 Å². The number of aliphatic hydroxyl groups excluding tert-OH is 1. The van der Waals surface area contributed by atoms with Gasteiger partial charge in [-0.3, -0.25) is 9.59 Å². The van der Waals surface area contributed by atoms with E-state index in [2.05, 4.69) is 4.98 Å². The molecule has 0 unspecified atom stereocenters. The maximum absolute atomic E-state index is 11.3. The van der Waals surface area contributed by atoms with E-state index in [9.17, 15) is 19.5 Å². The average Bonchev–Trinajstić information content (AvgIpc) is 2.85. The minimum absolute atomic E-state index is 0.194. The van der Waals surface area contributed by atoms with Gasteiger partial charge in [-0.1, -0.05) is 39.0 Å². The van der Waals surface area contributed by atoms with Crippen LogP contribution in [0.5, 0.6) is 23.1 Å². The van der Waals surface area contributed by atoms with E-state index in [0.29, 0.717) is 12.5 Å².